The number of ether oxygens (including phenoxy) is 2. The van der Waals surface area contributed by atoms with Crippen molar-refractivity contribution >= 4 is 12.2 Å². The molecule has 3 rings (SSSR count). The van der Waals surface area contributed by atoms with E-state index in [1.807, 2.05) is 24.4 Å². The molecular formula is C22H22N2O3. The number of benzene rings is 2. The first-order valence-corrected chi connectivity index (χ1v) is 8.74. The van der Waals surface area contributed by atoms with Gasteiger partial charge in [0.2, 0.25) is 0 Å². The summed E-state index contributed by atoms with van der Waals surface area (Å²) in [6.45, 7) is 3.59. The zero-order chi connectivity index (χ0) is 19.1. The molecule has 0 N–H and O–H groups in total. The molecule has 0 unspecified atom stereocenters. The molecule has 0 aliphatic rings. The summed E-state index contributed by atoms with van der Waals surface area (Å²) in [6, 6.07) is 18.3. The van der Waals surface area contributed by atoms with E-state index in [9.17, 15) is 4.79 Å². The van der Waals surface area contributed by atoms with Gasteiger partial charge in [-0.05, 0) is 55.0 Å². The highest BCUT2D eigenvalue weighted by Crippen LogP contribution is 2.28. The van der Waals surface area contributed by atoms with Crippen LogP contribution in [0.4, 0.5) is 0 Å². The van der Waals surface area contributed by atoms with Gasteiger partial charge in [0.25, 0.3) is 0 Å². The second-order valence-corrected chi connectivity index (χ2v) is 6.04. The molecule has 0 aliphatic heterocycles. The molecule has 0 aliphatic carbocycles. The molecule has 0 amide bonds. The number of carbonyl (C=O) groups is 1. The van der Waals surface area contributed by atoms with Crippen LogP contribution in [-0.2, 0) is 6.54 Å². The fourth-order valence-electron chi connectivity index (χ4n) is 2.67. The Hall–Kier alpha value is -3.34. The standard InChI is InChI=1S/C22H22N2O3/c1-17-7-6-13-24(17)14-12-23-16-18-10-11-20(21(15-18)26-2)27-22(25)19-8-4-3-5-9-19/h3-11,13,15-16H,12,14H2,1-2H3. The maximum atomic E-state index is 12.2. The lowest BCUT2D eigenvalue weighted by atomic mass is 10.2. The van der Waals surface area contributed by atoms with Crippen LogP contribution < -0.4 is 9.47 Å². The van der Waals surface area contributed by atoms with Gasteiger partial charge in [-0.25, -0.2) is 4.79 Å². The molecular weight excluding hydrogens is 340 g/mol. The number of methoxy groups -OCH3 is 1. The average molecular weight is 362 g/mol. The molecule has 0 saturated carbocycles. The number of nitrogens with zero attached hydrogens (tertiary/aromatic N) is 2. The monoisotopic (exact) mass is 362 g/mol. The Morgan fingerprint density at radius 2 is 1.89 bits per heavy atom. The second kappa shape index (κ2) is 8.85. The van der Waals surface area contributed by atoms with Crippen LogP contribution in [0.3, 0.4) is 0 Å². The van der Waals surface area contributed by atoms with E-state index in [1.165, 1.54) is 5.69 Å². The Balaban J connectivity index is 1.64. The summed E-state index contributed by atoms with van der Waals surface area (Å²) in [5.74, 6) is 0.452. The van der Waals surface area contributed by atoms with Gasteiger partial charge in [0.1, 0.15) is 0 Å². The van der Waals surface area contributed by atoms with Crippen molar-refractivity contribution in [3.05, 3.63) is 83.7 Å². The predicted octanol–water partition coefficient (Wildman–Crippen LogP) is 4.14. The van der Waals surface area contributed by atoms with Crippen molar-refractivity contribution in [2.45, 2.75) is 13.5 Å². The number of hydrogen-bond acceptors (Lipinski definition) is 4. The Morgan fingerprint density at radius 1 is 1.07 bits per heavy atom. The van der Waals surface area contributed by atoms with Gasteiger partial charge in [-0.3, -0.25) is 4.99 Å². The summed E-state index contributed by atoms with van der Waals surface area (Å²) in [6.07, 6.45) is 3.84. The minimum Gasteiger partial charge on any atom is -0.493 e. The molecule has 0 bridgehead atoms. The van der Waals surface area contributed by atoms with E-state index in [2.05, 4.69) is 22.5 Å². The van der Waals surface area contributed by atoms with Crippen LogP contribution in [0, 0.1) is 6.92 Å². The van der Waals surface area contributed by atoms with Crippen molar-refractivity contribution in [2.24, 2.45) is 4.99 Å². The molecule has 138 valence electrons. The Kier molecular flexibility index (Phi) is 6.05. The smallest absolute Gasteiger partial charge is 0.343 e. The van der Waals surface area contributed by atoms with Crippen LogP contribution in [-0.4, -0.2) is 30.4 Å². The minimum atomic E-state index is -0.419. The Bertz CT molecular complexity index is 930. The summed E-state index contributed by atoms with van der Waals surface area (Å²) in [7, 11) is 1.55. The zero-order valence-electron chi connectivity index (χ0n) is 15.5. The zero-order valence-corrected chi connectivity index (χ0v) is 15.5. The van der Waals surface area contributed by atoms with Crippen molar-refractivity contribution in [2.75, 3.05) is 13.7 Å². The van der Waals surface area contributed by atoms with E-state index in [4.69, 9.17) is 9.47 Å². The molecule has 3 aromatic rings. The Morgan fingerprint density at radius 3 is 2.59 bits per heavy atom. The topological polar surface area (TPSA) is 52.8 Å². The largest absolute Gasteiger partial charge is 0.493 e. The third-order valence-corrected chi connectivity index (χ3v) is 4.17. The predicted molar refractivity (Wildman–Crippen MR) is 106 cm³/mol. The highest BCUT2D eigenvalue weighted by Gasteiger charge is 2.12. The van der Waals surface area contributed by atoms with Crippen LogP contribution in [0.2, 0.25) is 0 Å². The van der Waals surface area contributed by atoms with Crippen molar-refractivity contribution in [1.29, 1.82) is 0 Å². The maximum absolute atomic E-state index is 12.2. The lowest BCUT2D eigenvalue weighted by molar-refractivity contribution is 0.0729. The fraction of sp³-hybridized carbons (Fsp3) is 0.182. The number of rotatable bonds is 7. The second-order valence-electron chi connectivity index (χ2n) is 6.04. The number of esters is 1. The number of aromatic nitrogens is 1. The minimum absolute atomic E-state index is 0.381. The molecule has 1 heterocycles. The van der Waals surface area contributed by atoms with Gasteiger partial charge in [0.15, 0.2) is 11.5 Å². The number of carbonyl (C=O) groups excluding carboxylic acids is 1. The van der Waals surface area contributed by atoms with Crippen LogP contribution in [0.15, 0.2) is 71.9 Å². The third-order valence-electron chi connectivity index (χ3n) is 4.17. The fourth-order valence-corrected chi connectivity index (χ4v) is 2.67. The molecule has 1 aromatic heterocycles. The third kappa shape index (κ3) is 4.85. The maximum Gasteiger partial charge on any atom is 0.343 e. The number of aryl methyl sites for hydroxylation is 1. The first kappa shape index (κ1) is 18.5. The number of aliphatic imine (C=N–C) groups is 1. The van der Waals surface area contributed by atoms with Crippen molar-refractivity contribution in [3.63, 3.8) is 0 Å². The van der Waals surface area contributed by atoms with Crippen LogP contribution in [0.25, 0.3) is 0 Å². The van der Waals surface area contributed by atoms with Crippen molar-refractivity contribution in [3.8, 4) is 11.5 Å². The highest BCUT2D eigenvalue weighted by atomic mass is 16.6. The van der Waals surface area contributed by atoms with Gasteiger partial charge >= 0.3 is 5.97 Å². The van der Waals surface area contributed by atoms with Crippen molar-refractivity contribution < 1.29 is 14.3 Å². The Labute approximate surface area is 158 Å². The van der Waals surface area contributed by atoms with Gasteiger partial charge < -0.3 is 14.0 Å². The first-order valence-electron chi connectivity index (χ1n) is 8.74. The molecule has 0 atom stereocenters. The molecule has 5 nitrogen and oxygen atoms in total. The van der Waals surface area contributed by atoms with E-state index in [-0.39, 0.29) is 0 Å². The molecule has 0 radical (unpaired) electrons. The normalized spacial score (nSPS) is 10.9. The SMILES string of the molecule is COc1cc(C=NCCn2cccc2C)ccc1OC(=O)c1ccccc1. The van der Waals surface area contributed by atoms with Crippen LogP contribution in [0.5, 0.6) is 11.5 Å². The molecule has 0 fully saturated rings. The van der Waals surface area contributed by atoms with E-state index < -0.39 is 5.97 Å². The first-order chi connectivity index (χ1) is 13.2. The summed E-state index contributed by atoms with van der Waals surface area (Å²) >= 11 is 0. The van der Waals surface area contributed by atoms with Gasteiger partial charge in [0, 0.05) is 24.7 Å². The van der Waals surface area contributed by atoms with Gasteiger partial charge in [0.05, 0.1) is 19.2 Å². The van der Waals surface area contributed by atoms with Gasteiger partial charge in [-0.2, -0.15) is 0 Å². The average Bonchev–Trinajstić information content (AvgIpc) is 3.11. The molecule has 0 saturated heterocycles. The van der Waals surface area contributed by atoms with E-state index >= 15 is 0 Å². The van der Waals surface area contributed by atoms with Crippen LogP contribution in [0.1, 0.15) is 21.6 Å². The molecule has 0 spiro atoms. The lowest BCUT2D eigenvalue weighted by Gasteiger charge is -2.10. The molecule has 27 heavy (non-hydrogen) atoms. The van der Waals surface area contributed by atoms with E-state index in [0.717, 1.165) is 12.1 Å². The molecule has 5 heteroatoms. The van der Waals surface area contributed by atoms with Crippen molar-refractivity contribution in [1.82, 2.24) is 4.57 Å². The summed E-state index contributed by atoms with van der Waals surface area (Å²) in [5.41, 5.74) is 2.59. The van der Waals surface area contributed by atoms with E-state index in [1.54, 1.807) is 49.7 Å². The molecule has 2 aromatic carbocycles. The van der Waals surface area contributed by atoms with Gasteiger partial charge in [-0.1, -0.05) is 18.2 Å². The van der Waals surface area contributed by atoms with E-state index in [0.29, 0.717) is 23.6 Å². The lowest BCUT2D eigenvalue weighted by Crippen LogP contribution is -2.09. The summed E-state index contributed by atoms with van der Waals surface area (Å²) in [5, 5.41) is 0. The highest BCUT2D eigenvalue weighted by molar-refractivity contribution is 5.91. The summed E-state index contributed by atoms with van der Waals surface area (Å²) in [4.78, 5) is 16.7. The number of hydrogen-bond donors (Lipinski definition) is 0. The van der Waals surface area contributed by atoms with Gasteiger partial charge in [-0.15, -0.1) is 0 Å². The summed E-state index contributed by atoms with van der Waals surface area (Å²) < 4.78 is 13.0. The van der Waals surface area contributed by atoms with Crippen LogP contribution >= 0.6 is 0 Å². The quantitative estimate of drug-likeness (QED) is 0.360.